The molecule has 6 nitrogen and oxygen atoms in total. The first-order chi connectivity index (χ1) is 12.8. The van der Waals surface area contributed by atoms with Crippen LogP contribution >= 0.6 is 11.8 Å². The molecule has 2 heterocycles. The SMILES string of the molecule is O=C(NC[C@H]1CCCS1)c1ccc(-n2ncc(C(=O)O)c2C(F)(F)F)cc1. The summed E-state index contributed by atoms with van der Waals surface area (Å²) in [7, 11) is 0. The lowest BCUT2D eigenvalue weighted by molar-refractivity contribution is -0.143. The smallest absolute Gasteiger partial charge is 0.434 e. The maximum absolute atomic E-state index is 13.3. The summed E-state index contributed by atoms with van der Waals surface area (Å²) in [5, 5.41) is 15.7. The summed E-state index contributed by atoms with van der Waals surface area (Å²) in [6, 6.07) is 5.36. The van der Waals surface area contributed by atoms with Crippen molar-refractivity contribution >= 4 is 23.6 Å². The van der Waals surface area contributed by atoms with Crippen LogP contribution in [0.5, 0.6) is 0 Å². The van der Waals surface area contributed by atoms with Gasteiger partial charge in [0.1, 0.15) is 5.56 Å². The van der Waals surface area contributed by atoms with Crippen molar-refractivity contribution in [3.05, 3.63) is 47.3 Å². The van der Waals surface area contributed by atoms with Gasteiger partial charge in [0.15, 0.2) is 5.69 Å². The molecule has 1 fully saturated rings. The second-order valence-electron chi connectivity index (χ2n) is 6.01. The van der Waals surface area contributed by atoms with Crippen molar-refractivity contribution in [1.29, 1.82) is 0 Å². The lowest BCUT2D eigenvalue weighted by Crippen LogP contribution is -2.29. The van der Waals surface area contributed by atoms with Gasteiger partial charge in [-0.15, -0.1) is 0 Å². The molecule has 0 unspecified atom stereocenters. The van der Waals surface area contributed by atoms with Crippen LogP contribution in [0.15, 0.2) is 30.5 Å². The zero-order valence-electron chi connectivity index (χ0n) is 14.0. The molecule has 1 aliphatic heterocycles. The van der Waals surface area contributed by atoms with Gasteiger partial charge in [-0.1, -0.05) is 0 Å². The van der Waals surface area contributed by atoms with E-state index in [0.29, 0.717) is 28.2 Å². The number of aromatic carboxylic acids is 1. The molecule has 1 aliphatic rings. The van der Waals surface area contributed by atoms with Gasteiger partial charge in [0.05, 0.1) is 11.9 Å². The van der Waals surface area contributed by atoms with Crippen molar-refractivity contribution in [2.45, 2.75) is 24.3 Å². The molecule has 0 radical (unpaired) electrons. The number of hydrogen-bond donors (Lipinski definition) is 2. The Balaban J connectivity index is 1.79. The highest BCUT2D eigenvalue weighted by atomic mass is 32.2. The molecule has 1 amide bonds. The van der Waals surface area contributed by atoms with Gasteiger partial charge in [-0.05, 0) is 42.9 Å². The second kappa shape index (κ2) is 7.63. The molecule has 0 spiro atoms. The van der Waals surface area contributed by atoms with Crippen LogP contribution in [0, 0.1) is 0 Å². The number of halogens is 3. The molecule has 3 rings (SSSR count). The molecule has 1 atom stereocenters. The van der Waals surface area contributed by atoms with E-state index in [9.17, 15) is 22.8 Å². The number of rotatable bonds is 5. The number of nitrogens with zero attached hydrogens (tertiary/aromatic N) is 2. The minimum atomic E-state index is -4.89. The van der Waals surface area contributed by atoms with Crippen molar-refractivity contribution in [1.82, 2.24) is 15.1 Å². The van der Waals surface area contributed by atoms with Crippen LogP contribution in [0.1, 0.15) is 39.3 Å². The predicted octanol–water partition coefficient (Wildman–Crippen LogP) is 3.21. The van der Waals surface area contributed by atoms with Crippen LogP contribution in [-0.4, -0.2) is 44.3 Å². The highest BCUT2D eigenvalue weighted by Crippen LogP contribution is 2.33. The van der Waals surface area contributed by atoms with Crippen LogP contribution < -0.4 is 5.32 Å². The minimum Gasteiger partial charge on any atom is -0.478 e. The average molecular weight is 399 g/mol. The van der Waals surface area contributed by atoms with Crippen molar-refractivity contribution in [2.75, 3.05) is 12.3 Å². The Morgan fingerprint density at radius 3 is 2.56 bits per heavy atom. The Bertz CT molecular complexity index is 843. The quantitative estimate of drug-likeness (QED) is 0.807. The fourth-order valence-corrected chi connectivity index (χ4v) is 4.04. The molecule has 2 N–H and O–H groups in total. The van der Waals surface area contributed by atoms with Crippen LogP contribution in [-0.2, 0) is 6.18 Å². The summed E-state index contributed by atoms with van der Waals surface area (Å²) >= 11 is 1.81. The third-order valence-electron chi connectivity index (χ3n) is 4.16. The van der Waals surface area contributed by atoms with E-state index in [4.69, 9.17) is 5.11 Å². The van der Waals surface area contributed by atoms with E-state index in [1.54, 1.807) is 11.8 Å². The van der Waals surface area contributed by atoms with Crippen LogP contribution in [0.3, 0.4) is 0 Å². The van der Waals surface area contributed by atoms with Gasteiger partial charge in [0.25, 0.3) is 5.91 Å². The van der Waals surface area contributed by atoms with Gasteiger partial charge in [0, 0.05) is 17.4 Å². The third kappa shape index (κ3) is 4.26. The van der Waals surface area contributed by atoms with E-state index in [-0.39, 0.29) is 11.6 Å². The molecule has 0 bridgehead atoms. The first kappa shape index (κ1) is 19.3. The molecular formula is C17H16F3N3O3S. The van der Waals surface area contributed by atoms with Gasteiger partial charge in [-0.3, -0.25) is 4.79 Å². The third-order valence-corrected chi connectivity index (χ3v) is 5.55. The van der Waals surface area contributed by atoms with Gasteiger partial charge < -0.3 is 10.4 Å². The standard InChI is InChI=1S/C17H16F3N3O3S/c18-17(19,20)14-13(16(25)26)9-22-23(14)11-5-3-10(4-6-11)15(24)21-8-12-2-1-7-27-12/h3-6,9,12H,1-2,7-8H2,(H,21,24)(H,25,26)/t12-/m1/s1. The number of aromatic nitrogens is 2. The largest absolute Gasteiger partial charge is 0.478 e. The molecule has 1 aromatic heterocycles. The number of hydrogen-bond acceptors (Lipinski definition) is 4. The lowest BCUT2D eigenvalue weighted by Gasteiger charge is -2.13. The van der Waals surface area contributed by atoms with Crippen molar-refractivity contribution < 1.29 is 27.9 Å². The van der Waals surface area contributed by atoms with Crippen LogP contribution in [0.4, 0.5) is 13.2 Å². The van der Waals surface area contributed by atoms with Gasteiger partial charge >= 0.3 is 12.1 Å². The molecule has 1 aromatic carbocycles. The number of carboxylic acids is 1. The van der Waals surface area contributed by atoms with Crippen LogP contribution in [0.25, 0.3) is 5.69 Å². The van der Waals surface area contributed by atoms with Crippen LogP contribution in [0.2, 0.25) is 0 Å². The van der Waals surface area contributed by atoms with E-state index < -0.39 is 23.4 Å². The van der Waals surface area contributed by atoms with Crippen molar-refractivity contribution in [3.63, 3.8) is 0 Å². The minimum absolute atomic E-state index is 0.0118. The zero-order valence-corrected chi connectivity index (χ0v) is 14.8. The van der Waals surface area contributed by atoms with Gasteiger partial charge in [-0.2, -0.15) is 30.0 Å². The summed E-state index contributed by atoms with van der Waals surface area (Å²) in [6.07, 6.45) is -2.05. The normalized spacial score (nSPS) is 17.1. The monoisotopic (exact) mass is 399 g/mol. The number of carboxylic acid groups (broad SMARTS) is 1. The molecule has 144 valence electrons. The van der Waals surface area contributed by atoms with E-state index in [2.05, 4.69) is 10.4 Å². The number of amides is 1. The van der Waals surface area contributed by atoms with Gasteiger partial charge in [0.2, 0.25) is 0 Å². The molecule has 0 aliphatic carbocycles. The fraction of sp³-hybridized carbons (Fsp3) is 0.353. The van der Waals surface area contributed by atoms with E-state index in [1.165, 1.54) is 24.3 Å². The number of alkyl halides is 3. The van der Waals surface area contributed by atoms with E-state index in [0.717, 1.165) is 18.6 Å². The van der Waals surface area contributed by atoms with E-state index in [1.807, 2.05) is 0 Å². The maximum atomic E-state index is 13.3. The Morgan fingerprint density at radius 1 is 1.30 bits per heavy atom. The second-order valence-corrected chi connectivity index (χ2v) is 7.42. The first-order valence-corrected chi connectivity index (χ1v) is 9.21. The molecule has 0 saturated carbocycles. The first-order valence-electron chi connectivity index (χ1n) is 8.16. The molecule has 2 aromatic rings. The highest BCUT2D eigenvalue weighted by Gasteiger charge is 2.40. The number of carbonyl (C=O) groups excluding carboxylic acids is 1. The molecule has 1 saturated heterocycles. The molecular weight excluding hydrogens is 383 g/mol. The number of benzene rings is 1. The van der Waals surface area contributed by atoms with Crippen molar-refractivity contribution in [3.8, 4) is 5.69 Å². The lowest BCUT2D eigenvalue weighted by atomic mass is 10.1. The summed E-state index contributed by atoms with van der Waals surface area (Å²) in [6.45, 7) is 0.546. The summed E-state index contributed by atoms with van der Waals surface area (Å²) in [4.78, 5) is 23.2. The van der Waals surface area contributed by atoms with E-state index >= 15 is 0 Å². The molecule has 27 heavy (non-hydrogen) atoms. The highest BCUT2D eigenvalue weighted by molar-refractivity contribution is 8.00. The Kier molecular flexibility index (Phi) is 5.45. The molecule has 10 heteroatoms. The number of nitrogens with one attached hydrogen (secondary N) is 1. The average Bonchev–Trinajstić information content (AvgIpc) is 3.29. The van der Waals surface area contributed by atoms with Gasteiger partial charge in [-0.25, -0.2) is 9.48 Å². The number of thioether (sulfide) groups is 1. The maximum Gasteiger partial charge on any atom is 0.434 e. The zero-order chi connectivity index (χ0) is 19.6. The number of carbonyl (C=O) groups is 2. The Labute approximate surface area is 156 Å². The summed E-state index contributed by atoms with van der Waals surface area (Å²) in [5.41, 5.74) is -1.98. The Hall–Kier alpha value is -2.49. The Morgan fingerprint density at radius 2 is 2.00 bits per heavy atom. The van der Waals surface area contributed by atoms with Crippen molar-refractivity contribution in [2.24, 2.45) is 0 Å². The predicted molar refractivity (Wildman–Crippen MR) is 93.3 cm³/mol. The fourth-order valence-electron chi connectivity index (χ4n) is 2.84. The summed E-state index contributed by atoms with van der Waals surface area (Å²) < 4.78 is 40.3. The topological polar surface area (TPSA) is 84.2 Å². The summed E-state index contributed by atoms with van der Waals surface area (Å²) in [5.74, 6) is -0.940.